The molecule has 0 fully saturated rings. The molecular weight excluding hydrogens is 202 g/mol. The smallest absolute Gasteiger partial charge is 0.326 e. The van der Waals surface area contributed by atoms with E-state index in [2.05, 4.69) is 5.32 Å². The third-order valence-electron chi connectivity index (χ3n) is 1.78. The van der Waals surface area contributed by atoms with Crippen molar-refractivity contribution in [2.75, 3.05) is 12.0 Å². The predicted octanol–water partition coefficient (Wildman–Crippen LogP) is 0.965. The highest BCUT2D eigenvalue weighted by Crippen LogP contribution is 2.03. The minimum atomic E-state index is -0.975. The monoisotopic (exact) mass is 219 g/mol. The number of carboxylic acids is 1. The molecule has 0 saturated heterocycles. The molecule has 0 aliphatic carbocycles. The van der Waals surface area contributed by atoms with Crippen molar-refractivity contribution in [1.82, 2.24) is 5.32 Å². The van der Waals surface area contributed by atoms with Crippen LogP contribution in [0, 0.1) is 5.92 Å². The van der Waals surface area contributed by atoms with E-state index in [4.69, 9.17) is 5.11 Å². The van der Waals surface area contributed by atoms with Gasteiger partial charge in [0.1, 0.15) is 6.04 Å². The Labute approximate surface area is 88.4 Å². The van der Waals surface area contributed by atoms with Crippen molar-refractivity contribution in [3.63, 3.8) is 0 Å². The number of carbonyl (C=O) groups is 2. The number of nitrogens with one attached hydrogen (secondary N) is 1. The van der Waals surface area contributed by atoms with Crippen LogP contribution in [0.1, 0.15) is 20.3 Å². The van der Waals surface area contributed by atoms with E-state index in [1.807, 2.05) is 6.26 Å². The van der Waals surface area contributed by atoms with Gasteiger partial charge in [-0.3, -0.25) is 4.79 Å². The van der Waals surface area contributed by atoms with Gasteiger partial charge in [-0.25, -0.2) is 4.79 Å². The molecule has 0 radical (unpaired) electrons. The van der Waals surface area contributed by atoms with Crippen molar-refractivity contribution in [3.8, 4) is 0 Å². The van der Waals surface area contributed by atoms with Gasteiger partial charge in [-0.2, -0.15) is 11.8 Å². The summed E-state index contributed by atoms with van der Waals surface area (Å²) in [6.45, 7) is 3.54. The van der Waals surface area contributed by atoms with Gasteiger partial charge >= 0.3 is 5.97 Å². The van der Waals surface area contributed by atoms with Crippen LogP contribution in [0.4, 0.5) is 0 Å². The maximum absolute atomic E-state index is 11.2. The molecule has 0 aliphatic heterocycles. The minimum absolute atomic E-state index is 0.0919. The van der Waals surface area contributed by atoms with E-state index in [0.717, 1.165) is 5.75 Å². The van der Waals surface area contributed by atoms with Crippen molar-refractivity contribution in [2.45, 2.75) is 26.3 Å². The van der Waals surface area contributed by atoms with Gasteiger partial charge in [0, 0.05) is 12.2 Å². The van der Waals surface area contributed by atoms with Crippen LogP contribution in [0.15, 0.2) is 0 Å². The lowest BCUT2D eigenvalue weighted by Gasteiger charge is -2.17. The fraction of sp³-hybridized carbons (Fsp3) is 0.778. The average molecular weight is 219 g/mol. The van der Waals surface area contributed by atoms with Gasteiger partial charge in [-0.05, 0) is 12.2 Å². The molecule has 0 aromatic heterocycles. The lowest BCUT2D eigenvalue weighted by atomic mass is 10.0. The maximum Gasteiger partial charge on any atom is 0.326 e. The second-order valence-corrected chi connectivity index (χ2v) is 4.36. The van der Waals surface area contributed by atoms with Crippen LogP contribution >= 0.6 is 11.8 Å². The van der Waals surface area contributed by atoms with Gasteiger partial charge in [-0.15, -0.1) is 0 Å². The minimum Gasteiger partial charge on any atom is -0.480 e. The molecule has 0 aromatic carbocycles. The summed E-state index contributed by atoms with van der Waals surface area (Å²) < 4.78 is 0. The number of amides is 1. The van der Waals surface area contributed by atoms with Crippen molar-refractivity contribution in [1.29, 1.82) is 0 Å². The van der Waals surface area contributed by atoms with Gasteiger partial charge in [0.05, 0.1) is 0 Å². The molecule has 1 amide bonds. The summed E-state index contributed by atoms with van der Waals surface area (Å²) in [6.07, 6.45) is 2.28. The van der Waals surface area contributed by atoms with Gasteiger partial charge in [-0.1, -0.05) is 13.8 Å². The normalized spacial score (nSPS) is 12.6. The second-order valence-electron chi connectivity index (χ2n) is 3.37. The molecule has 0 heterocycles. The Kier molecular flexibility index (Phi) is 6.36. The van der Waals surface area contributed by atoms with E-state index in [9.17, 15) is 9.59 Å². The van der Waals surface area contributed by atoms with E-state index in [1.165, 1.54) is 0 Å². The average Bonchev–Trinajstić information content (AvgIpc) is 2.09. The quantitative estimate of drug-likeness (QED) is 0.698. The van der Waals surface area contributed by atoms with Crippen LogP contribution in [-0.4, -0.2) is 35.0 Å². The predicted molar refractivity (Wildman–Crippen MR) is 57.4 cm³/mol. The van der Waals surface area contributed by atoms with Crippen LogP contribution in [0.25, 0.3) is 0 Å². The Morgan fingerprint density at radius 3 is 2.36 bits per heavy atom. The molecular formula is C9H17NO3S. The van der Waals surface area contributed by atoms with E-state index in [0.29, 0.717) is 6.42 Å². The van der Waals surface area contributed by atoms with Crippen molar-refractivity contribution < 1.29 is 14.7 Å². The molecule has 1 unspecified atom stereocenters. The number of aliphatic carboxylic acids is 1. The fourth-order valence-corrected chi connectivity index (χ4v) is 1.34. The lowest BCUT2D eigenvalue weighted by molar-refractivity contribution is -0.143. The molecule has 0 spiro atoms. The third-order valence-corrected chi connectivity index (χ3v) is 2.39. The summed E-state index contributed by atoms with van der Waals surface area (Å²) in [5, 5.41) is 11.3. The van der Waals surface area contributed by atoms with Crippen LogP contribution in [0.2, 0.25) is 0 Å². The number of carbonyl (C=O) groups excluding carboxylic acids is 1. The Morgan fingerprint density at radius 1 is 1.43 bits per heavy atom. The summed E-state index contributed by atoms with van der Waals surface area (Å²) >= 11 is 1.57. The Morgan fingerprint density at radius 2 is 2.00 bits per heavy atom. The van der Waals surface area contributed by atoms with Gasteiger partial charge in [0.2, 0.25) is 5.91 Å². The summed E-state index contributed by atoms with van der Waals surface area (Å²) in [7, 11) is 0. The first-order valence-electron chi connectivity index (χ1n) is 4.50. The van der Waals surface area contributed by atoms with Crippen LogP contribution in [-0.2, 0) is 9.59 Å². The molecule has 5 heteroatoms. The highest BCUT2D eigenvalue weighted by molar-refractivity contribution is 7.98. The first-order valence-corrected chi connectivity index (χ1v) is 5.89. The second kappa shape index (κ2) is 6.70. The fourth-order valence-electron chi connectivity index (χ4n) is 0.954. The molecule has 0 rings (SSSR count). The summed E-state index contributed by atoms with van der Waals surface area (Å²) in [6, 6.07) is -0.774. The number of hydrogen-bond acceptors (Lipinski definition) is 3. The van der Waals surface area contributed by atoms with E-state index in [1.54, 1.807) is 25.6 Å². The van der Waals surface area contributed by atoms with E-state index >= 15 is 0 Å². The van der Waals surface area contributed by atoms with Crippen LogP contribution < -0.4 is 5.32 Å². The topological polar surface area (TPSA) is 66.4 Å². The van der Waals surface area contributed by atoms with E-state index < -0.39 is 12.0 Å². The number of thioether (sulfide) groups is 1. The molecule has 14 heavy (non-hydrogen) atoms. The zero-order valence-corrected chi connectivity index (χ0v) is 9.56. The van der Waals surface area contributed by atoms with E-state index in [-0.39, 0.29) is 11.8 Å². The molecule has 0 aliphatic rings. The van der Waals surface area contributed by atoms with Gasteiger partial charge in [0.15, 0.2) is 0 Å². The van der Waals surface area contributed by atoms with Crippen LogP contribution in [0.5, 0.6) is 0 Å². The number of carboxylic acid groups (broad SMARTS) is 1. The molecule has 4 nitrogen and oxygen atoms in total. The molecule has 0 aromatic rings. The number of hydrogen-bond donors (Lipinski definition) is 2. The van der Waals surface area contributed by atoms with Crippen molar-refractivity contribution in [2.24, 2.45) is 5.92 Å². The summed E-state index contributed by atoms with van der Waals surface area (Å²) in [5.41, 5.74) is 0. The zero-order valence-electron chi connectivity index (χ0n) is 8.74. The summed E-state index contributed by atoms with van der Waals surface area (Å²) in [4.78, 5) is 22.0. The standard InChI is InChI=1S/C9H17NO3S/c1-6(2)8(9(12)13)10-7(11)4-5-14-3/h6,8H,4-5H2,1-3H3,(H,10,11)(H,12,13). The number of rotatable bonds is 6. The molecule has 0 saturated carbocycles. The Balaban J connectivity index is 4.04. The van der Waals surface area contributed by atoms with Crippen molar-refractivity contribution in [3.05, 3.63) is 0 Å². The Hall–Kier alpha value is -0.710. The largest absolute Gasteiger partial charge is 0.480 e. The van der Waals surface area contributed by atoms with Gasteiger partial charge in [0.25, 0.3) is 0 Å². The van der Waals surface area contributed by atoms with Gasteiger partial charge < -0.3 is 10.4 Å². The molecule has 0 bridgehead atoms. The lowest BCUT2D eigenvalue weighted by Crippen LogP contribution is -2.44. The zero-order chi connectivity index (χ0) is 11.1. The first-order chi connectivity index (χ1) is 6.49. The molecule has 1 atom stereocenters. The summed E-state index contributed by atoms with van der Waals surface area (Å²) in [5.74, 6) is -0.542. The molecule has 82 valence electrons. The first kappa shape index (κ1) is 13.3. The van der Waals surface area contributed by atoms with Crippen LogP contribution in [0.3, 0.4) is 0 Å². The Bertz CT molecular complexity index is 206. The molecule has 2 N–H and O–H groups in total. The highest BCUT2D eigenvalue weighted by Gasteiger charge is 2.22. The maximum atomic E-state index is 11.2. The third kappa shape index (κ3) is 5.11. The highest BCUT2D eigenvalue weighted by atomic mass is 32.2. The SMILES string of the molecule is CSCCC(=O)NC(C(=O)O)C(C)C. The van der Waals surface area contributed by atoms with Crippen molar-refractivity contribution >= 4 is 23.6 Å².